The zero-order chi connectivity index (χ0) is 23.4. The van der Waals surface area contributed by atoms with E-state index in [9.17, 15) is 4.79 Å². The number of thioether (sulfide) groups is 1. The molecule has 168 valence electrons. The number of aromatic nitrogens is 3. The molecule has 1 N–H and O–H groups in total. The summed E-state index contributed by atoms with van der Waals surface area (Å²) < 4.78 is 7.24. The number of hydrogen-bond acceptors (Lipinski definition) is 5. The molecule has 8 heteroatoms. The molecule has 0 saturated heterocycles. The van der Waals surface area contributed by atoms with Crippen molar-refractivity contribution in [2.45, 2.75) is 19.0 Å². The first-order valence-electron chi connectivity index (χ1n) is 10.3. The monoisotopic (exact) mass is 478 g/mol. The zero-order valence-electron chi connectivity index (χ0n) is 18.5. The summed E-state index contributed by atoms with van der Waals surface area (Å²) in [5.74, 6) is 1.52. The summed E-state index contributed by atoms with van der Waals surface area (Å²) in [6.45, 7) is 3.95. The van der Waals surface area contributed by atoms with Gasteiger partial charge in [0.05, 0.1) is 12.9 Å². The van der Waals surface area contributed by atoms with Gasteiger partial charge in [-0.3, -0.25) is 9.36 Å². The van der Waals surface area contributed by atoms with Crippen LogP contribution in [0.15, 0.2) is 71.9 Å². The molecule has 3 aromatic carbocycles. The van der Waals surface area contributed by atoms with Gasteiger partial charge < -0.3 is 10.1 Å². The summed E-state index contributed by atoms with van der Waals surface area (Å²) in [4.78, 5) is 12.6. The van der Waals surface area contributed by atoms with Crippen LogP contribution >= 0.6 is 23.4 Å². The zero-order valence-corrected chi connectivity index (χ0v) is 20.1. The van der Waals surface area contributed by atoms with Crippen LogP contribution in [0.4, 0.5) is 5.69 Å². The first-order valence-corrected chi connectivity index (χ1v) is 11.7. The van der Waals surface area contributed by atoms with Crippen LogP contribution in [-0.2, 0) is 4.79 Å². The fourth-order valence-corrected chi connectivity index (χ4v) is 4.28. The fourth-order valence-electron chi connectivity index (χ4n) is 3.30. The molecule has 1 amide bonds. The normalized spacial score (nSPS) is 10.8. The lowest BCUT2D eigenvalue weighted by Gasteiger charge is -2.12. The minimum absolute atomic E-state index is 0.133. The third kappa shape index (κ3) is 5.38. The molecule has 1 heterocycles. The van der Waals surface area contributed by atoms with Crippen molar-refractivity contribution in [1.82, 2.24) is 14.8 Å². The standard InChI is InChI=1S/C25H23ClN4O2S/c1-16-4-6-18(7-5-16)24-28-29-25(30(24)20-9-11-21(32-3)12-10-20)33-15-23(31)27-22-13-8-19(26)14-17(22)2/h4-14H,15H2,1-3H3,(H,27,31). The molecule has 33 heavy (non-hydrogen) atoms. The molecule has 1 aromatic heterocycles. The van der Waals surface area contributed by atoms with E-state index in [-0.39, 0.29) is 11.7 Å². The molecule has 0 bridgehead atoms. The van der Waals surface area contributed by atoms with E-state index in [1.165, 1.54) is 11.8 Å². The van der Waals surface area contributed by atoms with Crippen LogP contribution in [0.3, 0.4) is 0 Å². The van der Waals surface area contributed by atoms with Crippen LogP contribution in [-0.4, -0.2) is 33.5 Å². The molecule has 0 saturated carbocycles. The van der Waals surface area contributed by atoms with Gasteiger partial charge in [-0.15, -0.1) is 10.2 Å². The van der Waals surface area contributed by atoms with Crippen LogP contribution < -0.4 is 10.1 Å². The van der Waals surface area contributed by atoms with E-state index in [1.807, 2.05) is 73.0 Å². The second kappa shape index (κ2) is 10.1. The number of anilines is 1. The predicted molar refractivity (Wildman–Crippen MR) is 134 cm³/mol. The molecule has 0 aliphatic rings. The molecule has 0 radical (unpaired) electrons. The van der Waals surface area contributed by atoms with Gasteiger partial charge in [0.15, 0.2) is 11.0 Å². The molecule has 0 fully saturated rings. The Bertz CT molecular complexity index is 1270. The van der Waals surface area contributed by atoms with E-state index >= 15 is 0 Å². The van der Waals surface area contributed by atoms with E-state index in [0.29, 0.717) is 16.0 Å². The fraction of sp³-hybridized carbons (Fsp3) is 0.160. The van der Waals surface area contributed by atoms with Gasteiger partial charge in [0.1, 0.15) is 5.75 Å². The van der Waals surface area contributed by atoms with Gasteiger partial charge in [0.2, 0.25) is 5.91 Å². The number of carbonyl (C=O) groups is 1. The van der Waals surface area contributed by atoms with Gasteiger partial charge in [-0.1, -0.05) is 53.2 Å². The number of ether oxygens (including phenoxy) is 1. The number of nitrogens with one attached hydrogen (secondary N) is 1. The van der Waals surface area contributed by atoms with Gasteiger partial charge in [0.25, 0.3) is 0 Å². The van der Waals surface area contributed by atoms with Crippen LogP contribution in [0.5, 0.6) is 5.75 Å². The second-order valence-corrected chi connectivity index (χ2v) is 8.88. The summed E-state index contributed by atoms with van der Waals surface area (Å²) in [6.07, 6.45) is 0. The summed E-state index contributed by atoms with van der Waals surface area (Å²) in [5.41, 5.74) is 4.63. The Hall–Kier alpha value is -3.29. The van der Waals surface area contributed by atoms with Crippen molar-refractivity contribution in [3.63, 3.8) is 0 Å². The highest BCUT2D eigenvalue weighted by Crippen LogP contribution is 2.29. The Morgan fingerprint density at radius 1 is 1.03 bits per heavy atom. The molecule has 0 atom stereocenters. The number of amides is 1. The third-order valence-corrected chi connectivity index (χ3v) is 6.23. The average molecular weight is 479 g/mol. The van der Waals surface area contributed by atoms with Crippen molar-refractivity contribution in [3.8, 4) is 22.8 Å². The Morgan fingerprint density at radius 3 is 2.42 bits per heavy atom. The highest BCUT2D eigenvalue weighted by atomic mass is 35.5. The maximum Gasteiger partial charge on any atom is 0.234 e. The Kier molecular flexibility index (Phi) is 7.01. The molecule has 0 spiro atoms. The van der Waals surface area contributed by atoms with E-state index < -0.39 is 0 Å². The Balaban J connectivity index is 1.60. The number of rotatable bonds is 7. The topological polar surface area (TPSA) is 69.0 Å². The Labute approximate surface area is 202 Å². The number of nitrogens with zero attached hydrogens (tertiary/aromatic N) is 3. The van der Waals surface area contributed by atoms with Crippen LogP contribution in [0.25, 0.3) is 17.1 Å². The first kappa shape index (κ1) is 22.9. The lowest BCUT2D eigenvalue weighted by atomic mass is 10.1. The SMILES string of the molecule is COc1ccc(-n2c(SCC(=O)Nc3ccc(Cl)cc3C)nnc2-c2ccc(C)cc2)cc1. The van der Waals surface area contributed by atoms with Crippen molar-refractivity contribution in [2.75, 3.05) is 18.2 Å². The molecule has 6 nitrogen and oxygen atoms in total. The van der Waals surface area contributed by atoms with Crippen molar-refractivity contribution in [2.24, 2.45) is 0 Å². The molecule has 0 aliphatic heterocycles. The largest absolute Gasteiger partial charge is 0.497 e. The van der Waals surface area contributed by atoms with Crippen LogP contribution in [0.1, 0.15) is 11.1 Å². The minimum Gasteiger partial charge on any atom is -0.497 e. The van der Waals surface area contributed by atoms with E-state index in [0.717, 1.165) is 33.8 Å². The van der Waals surface area contributed by atoms with E-state index in [4.69, 9.17) is 16.3 Å². The third-order valence-electron chi connectivity index (χ3n) is 5.07. The van der Waals surface area contributed by atoms with Crippen molar-refractivity contribution >= 4 is 35.0 Å². The molecule has 0 unspecified atom stereocenters. The lowest BCUT2D eigenvalue weighted by molar-refractivity contribution is -0.113. The number of benzene rings is 3. The molecule has 4 aromatic rings. The molecule has 0 aliphatic carbocycles. The van der Waals surface area contributed by atoms with Crippen LogP contribution in [0.2, 0.25) is 5.02 Å². The summed E-state index contributed by atoms with van der Waals surface area (Å²) in [5, 5.41) is 13.0. The predicted octanol–water partition coefficient (Wildman–Crippen LogP) is 5.94. The number of carbonyl (C=O) groups excluding carboxylic acids is 1. The van der Waals surface area contributed by atoms with E-state index in [1.54, 1.807) is 19.2 Å². The molecular weight excluding hydrogens is 456 g/mol. The van der Waals surface area contributed by atoms with Gasteiger partial charge >= 0.3 is 0 Å². The Morgan fingerprint density at radius 2 is 1.76 bits per heavy atom. The maximum atomic E-state index is 12.6. The van der Waals surface area contributed by atoms with Crippen molar-refractivity contribution in [3.05, 3.63) is 82.9 Å². The summed E-state index contributed by atoms with van der Waals surface area (Å²) in [6, 6.07) is 21.2. The summed E-state index contributed by atoms with van der Waals surface area (Å²) in [7, 11) is 1.63. The highest BCUT2D eigenvalue weighted by Gasteiger charge is 2.18. The van der Waals surface area contributed by atoms with Gasteiger partial charge in [-0.25, -0.2) is 0 Å². The van der Waals surface area contributed by atoms with Gasteiger partial charge in [-0.05, 0) is 61.9 Å². The van der Waals surface area contributed by atoms with Crippen molar-refractivity contribution < 1.29 is 9.53 Å². The van der Waals surface area contributed by atoms with Gasteiger partial charge in [0, 0.05) is 22.0 Å². The average Bonchev–Trinajstić information content (AvgIpc) is 3.24. The smallest absolute Gasteiger partial charge is 0.234 e. The van der Waals surface area contributed by atoms with Gasteiger partial charge in [-0.2, -0.15) is 0 Å². The quantitative estimate of drug-likeness (QED) is 0.333. The molecular formula is C25H23ClN4O2S. The maximum absolute atomic E-state index is 12.6. The van der Waals surface area contributed by atoms with Crippen LogP contribution in [0, 0.1) is 13.8 Å². The van der Waals surface area contributed by atoms with E-state index in [2.05, 4.69) is 15.5 Å². The number of methoxy groups -OCH3 is 1. The minimum atomic E-state index is -0.133. The lowest BCUT2D eigenvalue weighted by Crippen LogP contribution is -2.15. The number of aryl methyl sites for hydroxylation is 2. The number of hydrogen-bond donors (Lipinski definition) is 1. The second-order valence-electron chi connectivity index (χ2n) is 7.50. The first-order chi connectivity index (χ1) is 15.9. The number of halogens is 1. The highest BCUT2D eigenvalue weighted by molar-refractivity contribution is 7.99. The molecule has 4 rings (SSSR count). The summed E-state index contributed by atoms with van der Waals surface area (Å²) >= 11 is 7.34. The van der Waals surface area contributed by atoms with Crippen molar-refractivity contribution in [1.29, 1.82) is 0 Å².